The third kappa shape index (κ3) is 5.41. The van der Waals surface area contributed by atoms with Gasteiger partial charge in [0.15, 0.2) is 5.37 Å². The summed E-state index contributed by atoms with van der Waals surface area (Å²) in [6.45, 7) is 11.3. The number of Topliss-reactive ketones (excluding diaryl/α,β-unsaturated/α-hetero) is 1. The smallest absolute Gasteiger partial charge is 0.221 e. The zero-order valence-corrected chi connectivity index (χ0v) is 25.3. The molecule has 0 aromatic heterocycles. The number of likely N-dealkylation sites (N-methyl/N-ethyl adjacent to an activating group) is 1. The second kappa shape index (κ2) is 11.7. The van der Waals surface area contributed by atoms with E-state index in [4.69, 9.17) is 11.6 Å². The highest BCUT2D eigenvalue weighted by Gasteiger charge is 2.35. The van der Waals surface area contributed by atoms with E-state index in [1.54, 1.807) is 18.8 Å². The van der Waals surface area contributed by atoms with E-state index in [9.17, 15) is 9.59 Å². The molecular weight excluding hydrogens is 560 g/mol. The van der Waals surface area contributed by atoms with E-state index in [0.717, 1.165) is 34.9 Å². The lowest BCUT2D eigenvalue weighted by Crippen LogP contribution is -3.08. The molecule has 6 nitrogen and oxygen atoms in total. The molecule has 206 valence electrons. The number of hydrogen-bond acceptors (Lipinski definition) is 6. The first kappa shape index (κ1) is 28.4. The van der Waals surface area contributed by atoms with E-state index >= 15 is 0 Å². The van der Waals surface area contributed by atoms with Crippen LogP contribution in [0.1, 0.15) is 31.1 Å². The number of carbonyl (C=O) groups excluding carboxylic acids is 2. The maximum absolute atomic E-state index is 13.1. The first-order valence-electron chi connectivity index (χ1n) is 13.2. The molecular formula is C31H32ClN4O2S2+. The van der Waals surface area contributed by atoms with Crippen LogP contribution in [0.5, 0.6) is 0 Å². The van der Waals surface area contributed by atoms with E-state index in [1.807, 2.05) is 36.0 Å². The number of thioether (sulfide) groups is 2. The van der Waals surface area contributed by atoms with Gasteiger partial charge in [-0.3, -0.25) is 14.5 Å². The molecule has 3 N–H and O–H groups in total. The van der Waals surface area contributed by atoms with Gasteiger partial charge in [-0.15, -0.1) is 0 Å². The molecule has 0 spiro atoms. The molecule has 40 heavy (non-hydrogen) atoms. The van der Waals surface area contributed by atoms with Crippen molar-refractivity contribution in [2.45, 2.75) is 35.9 Å². The summed E-state index contributed by atoms with van der Waals surface area (Å²) in [4.78, 5) is 30.8. The van der Waals surface area contributed by atoms with Crippen LogP contribution in [0.2, 0.25) is 5.02 Å². The second-order valence-electron chi connectivity index (χ2n) is 9.59. The van der Waals surface area contributed by atoms with Gasteiger partial charge < -0.3 is 15.5 Å². The Morgan fingerprint density at radius 1 is 1.07 bits per heavy atom. The fourth-order valence-electron chi connectivity index (χ4n) is 5.17. The van der Waals surface area contributed by atoms with Crippen molar-refractivity contribution < 1.29 is 14.5 Å². The van der Waals surface area contributed by atoms with Crippen molar-refractivity contribution in [2.24, 2.45) is 0 Å². The van der Waals surface area contributed by atoms with Crippen molar-refractivity contribution >= 4 is 63.9 Å². The maximum atomic E-state index is 13.1. The highest BCUT2D eigenvalue weighted by molar-refractivity contribution is 8.04. The molecule has 2 heterocycles. The predicted molar refractivity (Wildman–Crippen MR) is 168 cm³/mol. The maximum Gasteiger partial charge on any atom is 0.221 e. The number of allylic oxidation sites excluding steroid dienone is 1. The Kier molecular flexibility index (Phi) is 8.33. The van der Waals surface area contributed by atoms with Gasteiger partial charge in [-0.05, 0) is 61.4 Å². The third-order valence-electron chi connectivity index (χ3n) is 7.07. The number of carbonyl (C=O) groups is 2. The van der Waals surface area contributed by atoms with Gasteiger partial charge in [0, 0.05) is 53.8 Å². The van der Waals surface area contributed by atoms with Crippen LogP contribution in [0.3, 0.4) is 0 Å². The summed E-state index contributed by atoms with van der Waals surface area (Å²) < 4.78 is 0. The molecule has 2 aliphatic rings. The van der Waals surface area contributed by atoms with Crippen LogP contribution < -0.4 is 20.4 Å². The molecule has 2 unspecified atom stereocenters. The standard InChI is InChI=1S/C31H31ClN4O2S2/c1-6-35-25-15-21(20-8-11-24(33-5)23(14-20)31(38)18(3)34-19(4)37)9-12-27(25)39-29(35)17-30-36(7-2)26-16-22(32)10-13-28(26)40-30/h8-17,30,33H,3,6-7H2,1-2,4-5H3,(H,34,37)/p+1/b29-17-. The van der Waals surface area contributed by atoms with Crippen LogP contribution in [-0.4, -0.2) is 37.2 Å². The monoisotopic (exact) mass is 591 g/mol. The number of amides is 1. The van der Waals surface area contributed by atoms with Crippen LogP contribution in [0.25, 0.3) is 11.1 Å². The number of nitrogens with zero attached hydrogens (tertiary/aromatic N) is 1. The van der Waals surface area contributed by atoms with Gasteiger partial charge in [-0.1, -0.05) is 53.8 Å². The summed E-state index contributed by atoms with van der Waals surface area (Å²) in [6.07, 6.45) is 2.39. The quantitative estimate of drug-likeness (QED) is 0.210. The Morgan fingerprint density at radius 2 is 1.80 bits per heavy atom. The zero-order chi connectivity index (χ0) is 28.6. The number of hydrogen-bond donors (Lipinski definition) is 3. The Balaban J connectivity index is 1.45. The van der Waals surface area contributed by atoms with Gasteiger partial charge in [0.05, 0.1) is 27.9 Å². The largest absolute Gasteiger partial charge is 0.388 e. The first-order chi connectivity index (χ1) is 19.2. The van der Waals surface area contributed by atoms with E-state index in [1.165, 1.54) is 32.3 Å². The van der Waals surface area contributed by atoms with Crippen molar-refractivity contribution in [1.82, 2.24) is 5.32 Å². The number of nitrogens with one attached hydrogen (secondary N) is 3. The highest BCUT2D eigenvalue weighted by Crippen LogP contribution is 2.48. The normalized spacial score (nSPS) is 18.4. The van der Waals surface area contributed by atoms with E-state index in [-0.39, 0.29) is 22.8 Å². The Hall–Kier alpha value is -3.17. The molecule has 0 fully saturated rings. The number of fused-ring (bicyclic) bond motifs is 2. The van der Waals surface area contributed by atoms with Gasteiger partial charge in [0.25, 0.3) is 0 Å². The van der Waals surface area contributed by atoms with Crippen molar-refractivity contribution in [3.8, 4) is 11.1 Å². The average molecular weight is 592 g/mol. The summed E-state index contributed by atoms with van der Waals surface area (Å²) in [5, 5.41) is 7.85. The summed E-state index contributed by atoms with van der Waals surface area (Å²) in [7, 11) is 1.77. The van der Waals surface area contributed by atoms with Gasteiger partial charge >= 0.3 is 0 Å². The fraction of sp³-hybridized carbons (Fsp3) is 0.226. The topological polar surface area (TPSA) is 65.9 Å². The minimum Gasteiger partial charge on any atom is -0.388 e. The lowest BCUT2D eigenvalue weighted by atomic mass is 9.98. The Bertz CT molecular complexity index is 1550. The molecule has 3 aromatic carbocycles. The molecule has 5 rings (SSSR count). The number of quaternary nitrogens is 1. The molecule has 2 aliphatic heterocycles. The van der Waals surface area contributed by atoms with Crippen molar-refractivity contribution in [3.05, 3.63) is 88.6 Å². The van der Waals surface area contributed by atoms with Gasteiger partial charge in [-0.25, -0.2) is 0 Å². The summed E-state index contributed by atoms with van der Waals surface area (Å²) in [6, 6.07) is 18.4. The number of benzene rings is 3. The van der Waals surface area contributed by atoms with Crippen LogP contribution in [-0.2, 0) is 4.79 Å². The van der Waals surface area contributed by atoms with Crippen LogP contribution in [0.15, 0.2) is 87.8 Å². The lowest BCUT2D eigenvalue weighted by Gasteiger charge is -2.22. The van der Waals surface area contributed by atoms with E-state index < -0.39 is 0 Å². The van der Waals surface area contributed by atoms with Gasteiger partial charge in [0.2, 0.25) is 11.7 Å². The zero-order valence-electron chi connectivity index (χ0n) is 22.9. The van der Waals surface area contributed by atoms with Crippen LogP contribution in [0, 0.1) is 0 Å². The van der Waals surface area contributed by atoms with E-state index in [0.29, 0.717) is 11.3 Å². The molecule has 0 bridgehead atoms. The van der Waals surface area contributed by atoms with E-state index in [2.05, 4.69) is 72.4 Å². The molecule has 1 amide bonds. The highest BCUT2D eigenvalue weighted by atomic mass is 35.5. The minimum absolute atomic E-state index is 0.0518. The first-order valence-corrected chi connectivity index (χ1v) is 15.3. The van der Waals surface area contributed by atoms with Gasteiger partial charge in [0.1, 0.15) is 5.69 Å². The fourth-order valence-corrected chi connectivity index (χ4v) is 7.97. The lowest BCUT2D eigenvalue weighted by molar-refractivity contribution is -0.833. The molecule has 0 aliphatic carbocycles. The third-order valence-corrected chi connectivity index (χ3v) is 9.72. The van der Waals surface area contributed by atoms with Crippen LogP contribution >= 0.6 is 35.1 Å². The van der Waals surface area contributed by atoms with Crippen molar-refractivity contribution in [1.29, 1.82) is 0 Å². The summed E-state index contributed by atoms with van der Waals surface area (Å²) in [5.41, 5.74) is 5.54. The molecule has 9 heteroatoms. The SMILES string of the molecule is C=C(NC(C)=O)C(=O)c1cc(-c2ccc3c(c2)N(CC)/C(=C/C2Sc4ccc(Cl)cc4[NH+]2CC)S3)ccc1NC. The van der Waals surface area contributed by atoms with Crippen molar-refractivity contribution in [2.75, 3.05) is 30.4 Å². The summed E-state index contributed by atoms with van der Waals surface area (Å²) in [5.74, 6) is -0.648. The van der Waals surface area contributed by atoms with Crippen molar-refractivity contribution in [3.63, 3.8) is 0 Å². The number of halogens is 1. The number of ketones is 1. The molecule has 2 atom stereocenters. The Labute approximate surface area is 248 Å². The molecule has 0 saturated heterocycles. The Morgan fingerprint density at radius 3 is 2.50 bits per heavy atom. The predicted octanol–water partition coefficient (Wildman–Crippen LogP) is 6.32. The summed E-state index contributed by atoms with van der Waals surface area (Å²) >= 11 is 10.0. The number of rotatable bonds is 8. The molecule has 0 saturated carbocycles. The molecule has 0 radical (unpaired) electrons. The molecule has 3 aromatic rings. The van der Waals surface area contributed by atoms with Gasteiger partial charge in [-0.2, -0.15) is 0 Å². The second-order valence-corrected chi connectivity index (χ2v) is 12.3. The van der Waals surface area contributed by atoms with Crippen LogP contribution in [0.4, 0.5) is 17.1 Å². The minimum atomic E-state index is -0.326. The average Bonchev–Trinajstić information content (AvgIpc) is 3.47. The number of anilines is 2.